The second kappa shape index (κ2) is 8.89. The van der Waals surface area contributed by atoms with Crippen molar-refractivity contribution in [2.75, 3.05) is 73.7 Å². The molecule has 0 atom stereocenters. The van der Waals surface area contributed by atoms with Gasteiger partial charge in [-0.05, 0) is 0 Å². The van der Waals surface area contributed by atoms with Crippen LogP contribution < -0.4 is 0 Å². The van der Waals surface area contributed by atoms with Crippen LogP contribution in [0.3, 0.4) is 0 Å². The van der Waals surface area contributed by atoms with Crippen molar-refractivity contribution < 1.29 is 19.1 Å². The van der Waals surface area contributed by atoms with Gasteiger partial charge in [-0.2, -0.15) is 0 Å². The number of ether oxygens (including phenoxy) is 2. The molecule has 0 saturated carbocycles. The number of hydrogen-bond donors (Lipinski definition) is 0. The quantitative estimate of drug-likeness (QED) is 0.555. The van der Waals surface area contributed by atoms with Gasteiger partial charge in [0.25, 0.3) is 0 Å². The molecule has 2 amide bonds. The number of amides is 2. The summed E-state index contributed by atoms with van der Waals surface area (Å²) in [4.78, 5) is 28.9. The van der Waals surface area contributed by atoms with Crippen molar-refractivity contribution in [3.05, 3.63) is 0 Å². The lowest BCUT2D eigenvalue weighted by Gasteiger charge is -2.34. The number of methoxy groups -OCH3 is 1. The van der Waals surface area contributed by atoms with Gasteiger partial charge in [-0.15, -0.1) is 0 Å². The number of carbonyl (C=O) groups excluding carboxylic acids is 2. The molecule has 1 aliphatic rings. The molecule has 116 valence electrons. The summed E-state index contributed by atoms with van der Waals surface area (Å²) >= 11 is 0. The molecular weight excluding hydrogens is 262 g/mol. The first kappa shape index (κ1) is 16.9. The van der Waals surface area contributed by atoms with Gasteiger partial charge < -0.3 is 19.3 Å². The normalized spacial score (nSPS) is 16.2. The van der Waals surface area contributed by atoms with Crippen LogP contribution in [-0.2, 0) is 19.1 Å². The molecule has 0 aromatic carbocycles. The fourth-order valence-electron chi connectivity index (χ4n) is 1.88. The molecule has 0 N–H and O–H groups in total. The van der Waals surface area contributed by atoms with Crippen LogP contribution in [0.1, 0.15) is 0 Å². The van der Waals surface area contributed by atoms with E-state index in [1.54, 1.807) is 31.0 Å². The van der Waals surface area contributed by atoms with Crippen molar-refractivity contribution in [3.8, 4) is 0 Å². The van der Waals surface area contributed by atoms with E-state index in [4.69, 9.17) is 9.47 Å². The second-order valence-electron chi connectivity index (χ2n) is 4.99. The van der Waals surface area contributed by atoms with Crippen molar-refractivity contribution in [2.45, 2.75) is 0 Å². The van der Waals surface area contributed by atoms with Gasteiger partial charge in [0.1, 0.15) is 6.61 Å². The predicted octanol–water partition coefficient (Wildman–Crippen LogP) is -1.12. The monoisotopic (exact) mass is 287 g/mol. The topological polar surface area (TPSA) is 62.3 Å². The number of rotatable bonds is 7. The summed E-state index contributed by atoms with van der Waals surface area (Å²) in [5, 5.41) is 0. The molecule has 1 rings (SSSR count). The molecule has 1 aliphatic heterocycles. The molecule has 1 fully saturated rings. The molecule has 1 heterocycles. The van der Waals surface area contributed by atoms with E-state index in [1.165, 1.54) is 0 Å². The Labute approximate surface area is 120 Å². The van der Waals surface area contributed by atoms with E-state index < -0.39 is 0 Å². The number of likely N-dealkylation sites (N-methyl/N-ethyl adjacent to an activating group) is 1. The molecule has 7 nitrogen and oxygen atoms in total. The van der Waals surface area contributed by atoms with E-state index in [0.29, 0.717) is 32.8 Å². The zero-order valence-corrected chi connectivity index (χ0v) is 12.6. The van der Waals surface area contributed by atoms with Crippen molar-refractivity contribution in [1.82, 2.24) is 14.7 Å². The van der Waals surface area contributed by atoms with Crippen LogP contribution in [0.4, 0.5) is 0 Å². The molecule has 0 aromatic rings. The van der Waals surface area contributed by atoms with Crippen molar-refractivity contribution >= 4 is 11.8 Å². The van der Waals surface area contributed by atoms with Crippen LogP contribution in [0.5, 0.6) is 0 Å². The van der Waals surface area contributed by atoms with Gasteiger partial charge in [-0.3, -0.25) is 14.5 Å². The summed E-state index contributed by atoms with van der Waals surface area (Å²) in [7, 11) is 5.10. The predicted molar refractivity (Wildman–Crippen MR) is 74.4 cm³/mol. The average molecular weight is 287 g/mol. The highest BCUT2D eigenvalue weighted by molar-refractivity contribution is 5.78. The van der Waals surface area contributed by atoms with Crippen LogP contribution in [0, 0.1) is 0 Å². The summed E-state index contributed by atoms with van der Waals surface area (Å²) in [5.41, 5.74) is 0. The third-order valence-electron chi connectivity index (χ3n) is 3.24. The number of nitrogens with zero attached hydrogens (tertiary/aromatic N) is 3. The molecule has 7 heteroatoms. The average Bonchev–Trinajstić information content (AvgIpc) is 2.44. The summed E-state index contributed by atoms with van der Waals surface area (Å²) < 4.78 is 10.1. The Hall–Kier alpha value is -1.18. The Morgan fingerprint density at radius 2 is 1.75 bits per heavy atom. The van der Waals surface area contributed by atoms with E-state index >= 15 is 0 Å². The first-order valence-corrected chi connectivity index (χ1v) is 6.81. The lowest BCUT2D eigenvalue weighted by Crippen LogP contribution is -2.51. The Morgan fingerprint density at radius 3 is 2.30 bits per heavy atom. The van der Waals surface area contributed by atoms with Crippen LogP contribution in [0.2, 0.25) is 0 Å². The van der Waals surface area contributed by atoms with Gasteiger partial charge in [0.15, 0.2) is 0 Å². The molecule has 0 aromatic heterocycles. The number of carbonyl (C=O) groups is 2. The van der Waals surface area contributed by atoms with E-state index in [0.717, 1.165) is 13.1 Å². The molecular formula is C13H25N3O4. The molecule has 1 saturated heterocycles. The van der Waals surface area contributed by atoms with Gasteiger partial charge in [0, 0.05) is 47.4 Å². The lowest BCUT2D eigenvalue weighted by molar-refractivity contribution is -0.138. The minimum Gasteiger partial charge on any atom is -0.382 e. The van der Waals surface area contributed by atoms with Crippen molar-refractivity contribution in [3.63, 3.8) is 0 Å². The van der Waals surface area contributed by atoms with Gasteiger partial charge in [-0.1, -0.05) is 0 Å². The number of hydrogen-bond acceptors (Lipinski definition) is 5. The molecule has 0 spiro atoms. The van der Waals surface area contributed by atoms with E-state index in [2.05, 4.69) is 4.90 Å². The Bertz CT molecular complexity index is 315. The SMILES string of the molecule is COCCOCC(=O)N1CCN(CC(=O)N(C)C)CC1. The molecule has 0 aliphatic carbocycles. The fraction of sp³-hybridized carbons (Fsp3) is 0.846. The Kier molecular flexibility index (Phi) is 7.50. The van der Waals surface area contributed by atoms with E-state index in [9.17, 15) is 9.59 Å². The zero-order valence-electron chi connectivity index (χ0n) is 12.6. The fourth-order valence-corrected chi connectivity index (χ4v) is 1.88. The molecule has 0 unspecified atom stereocenters. The van der Waals surface area contributed by atoms with E-state index in [-0.39, 0.29) is 18.4 Å². The maximum absolute atomic E-state index is 11.9. The van der Waals surface area contributed by atoms with Crippen molar-refractivity contribution in [2.24, 2.45) is 0 Å². The maximum Gasteiger partial charge on any atom is 0.248 e. The minimum absolute atomic E-state index is 0.000288. The molecule has 0 bridgehead atoms. The van der Waals surface area contributed by atoms with Gasteiger partial charge in [0.05, 0.1) is 19.8 Å². The summed E-state index contributed by atoms with van der Waals surface area (Å²) in [6.07, 6.45) is 0. The second-order valence-corrected chi connectivity index (χ2v) is 4.99. The smallest absolute Gasteiger partial charge is 0.248 e. The minimum atomic E-state index is -0.000288. The molecule has 20 heavy (non-hydrogen) atoms. The third kappa shape index (κ3) is 5.85. The van der Waals surface area contributed by atoms with Crippen LogP contribution >= 0.6 is 0 Å². The first-order valence-electron chi connectivity index (χ1n) is 6.81. The van der Waals surface area contributed by atoms with Gasteiger partial charge >= 0.3 is 0 Å². The Morgan fingerprint density at radius 1 is 1.10 bits per heavy atom. The highest BCUT2D eigenvalue weighted by atomic mass is 16.5. The van der Waals surface area contributed by atoms with Crippen molar-refractivity contribution in [1.29, 1.82) is 0 Å². The van der Waals surface area contributed by atoms with Crippen LogP contribution in [0.15, 0.2) is 0 Å². The van der Waals surface area contributed by atoms with Gasteiger partial charge in [0.2, 0.25) is 11.8 Å². The highest BCUT2D eigenvalue weighted by Crippen LogP contribution is 2.03. The summed E-state index contributed by atoms with van der Waals surface area (Å²) in [5.74, 6) is 0.0902. The third-order valence-corrected chi connectivity index (χ3v) is 3.24. The first-order chi connectivity index (χ1) is 9.54. The number of piperazine rings is 1. The highest BCUT2D eigenvalue weighted by Gasteiger charge is 2.22. The van der Waals surface area contributed by atoms with Gasteiger partial charge in [-0.25, -0.2) is 0 Å². The maximum atomic E-state index is 11.9. The largest absolute Gasteiger partial charge is 0.382 e. The van der Waals surface area contributed by atoms with Crippen LogP contribution in [-0.4, -0.2) is 100 Å². The summed E-state index contributed by atoms with van der Waals surface area (Å²) in [6.45, 7) is 4.18. The summed E-state index contributed by atoms with van der Waals surface area (Å²) in [6, 6.07) is 0. The van der Waals surface area contributed by atoms with Crippen LogP contribution in [0.25, 0.3) is 0 Å². The Balaban J connectivity index is 2.21. The molecule has 0 radical (unpaired) electrons. The lowest BCUT2D eigenvalue weighted by atomic mass is 10.3. The zero-order chi connectivity index (χ0) is 15.0. The standard InChI is InChI=1S/C13H25N3O4/c1-14(2)12(17)10-15-4-6-16(7-5-15)13(18)11-20-9-8-19-3/h4-11H2,1-3H3. The van der Waals surface area contributed by atoms with E-state index in [1.807, 2.05) is 0 Å².